The van der Waals surface area contributed by atoms with Crippen molar-refractivity contribution in [1.29, 1.82) is 0 Å². The number of carbonyl (C=O) groups excluding carboxylic acids is 2. The van der Waals surface area contributed by atoms with Gasteiger partial charge in [-0.3, -0.25) is 9.59 Å². The van der Waals surface area contributed by atoms with Crippen LogP contribution in [0.15, 0.2) is 24.3 Å². The zero-order valence-electron chi connectivity index (χ0n) is 10.3. The van der Waals surface area contributed by atoms with Gasteiger partial charge in [0.05, 0.1) is 12.8 Å². The zero-order valence-corrected chi connectivity index (χ0v) is 10.3. The lowest BCUT2D eigenvalue weighted by atomic mass is 10.1. The fraction of sp³-hybridized carbons (Fsp3) is 0.429. The first-order chi connectivity index (χ1) is 8.72. The Bertz CT molecular complexity index is 428. The minimum absolute atomic E-state index is 0.197. The molecular formula is C14H16N2O2. The molecular weight excluding hydrogens is 228 g/mol. The van der Waals surface area contributed by atoms with E-state index >= 15 is 0 Å². The summed E-state index contributed by atoms with van der Waals surface area (Å²) in [6.07, 6.45) is 0.945. The van der Waals surface area contributed by atoms with Crippen LogP contribution < -0.4 is 0 Å². The van der Waals surface area contributed by atoms with Crippen molar-refractivity contribution in [3.8, 4) is 0 Å². The third kappa shape index (κ3) is 2.70. The molecule has 2 amide bonds. The Hall–Kier alpha value is -1.84. The van der Waals surface area contributed by atoms with Crippen LogP contribution in [-0.2, 0) is 22.4 Å². The van der Waals surface area contributed by atoms with Gasteiger partial charge >= 0.3 is 0 Å². The van der Waals surface area contributed by atoms with E-state index in [4.69, 9.17) is 0 Å². The molecule has 0 N–H and O–H groups in total. The van der Waals surface area contributed by atoms with Crippen LogP contribution >= 0.6 is 0 Å². The Morgan fingerprint density at radius 2 is 1.11 bits per heavy atom. The van der Waals surface area contributed by atoms with Crippen molar-refractivity contribution < 1.29 is 9.59 Å². The lowest BCUT2D eigenvalue weighted by molar-refractivity contribution is -0.125. The molecule has 4 heteroatoms. The van der Waals surface area contributed by atoms with Gasteiger partial charge in [-0.2, -0.15) is 0 Å². The fourth-order valence-electron chi connectivity index (χ4n) is 1.95. The maximum atomic E-state index is 11.6. The number of hydrogen-bond donors (Lipinski definition) is 0. The van der Waals surface area contributed by atoms with Gasteiger partial charge < -0.3 is 9.80 Å². The van der Waals surface area contributed by atoms with Crippen LogP contribution in [0.1, 0.15) is 11.1 Å². The monoisotopic (exact) mass is 244 g/mol. The molecule has 94 valence electrons. The fourth-order valence-corrected chi connectivity index (χ4v) is 1.95. The summed E-state index contributed by atoms with van der Waals surface area (Å²) < 4.78 is 0. The zero-order chi connectivity index (χ0) is 12.5. The highest BCUT2D eigenvalue weighted by Crippen LogP contribution is 2.13. The Morgan fingerprint density at radius 1 is 0.778 bits per heavy atom. The maximum Gasteiger partial charge on any atom is 0.227 e. The number of amides is 2. The average molecular weight is 244 g/mol. The first kappa shape index (κ1) is 11.3. The van der Waals surface area contributed by atoms with Gasteiger partial charge in [0.15, 0.2) is 0 Å². The minimum Gasteiger partial charge on any atom is -0.339 e. The van der Waals surface area contributed by atoms with Crippen molar-refractivity contribution in [2.24, 2.45) is 0 Å². The first-order valence-electron chi connectivity index (χ1n) is 6.36. The summed E-state index contributed by atoms with van der Waals surface area (Å²) in [4.78, 5) is 26.9. The summed E-state index contributed by atoms with van der Waals surface area (Å²) in [5.74, 6) is 0.394. The normalized spacial score (nSPS) is 16.7. The van der Waals surface area contributed by atoms with Gasteiger partial charge in [-0.25, -0.2) is 0 Å². The molecule has 1 aromatic carbocycles. The Morgan fingerprint density at radius 3 is 1.39 bits per heavy atom. The molecule has 0 unspecified atom stereocenters. The molecule has 0 aromatic heterocycles. The highest BCUT2D eigenvalue weighted by atomic mass is 16.2. The number of nitrogens with zero attached hydrogens (tertiary/aromatic N) is 2. The van der Waals surface area contributed by atoms with Gasteiger partial charge in [0, 0.05) is 26.2 Å². The van der Waals surface area contributed by atoms with E-state index < -0.39 is 0 Å². The molecule has 0 saturated carbocycles. The molecule has 2 fully saturated rings. The predicted octanol–water partition coefficient (Wildman–Crippen LogP) is 0.456. The largest absolute Gasteiger partial charge is 0.339 e. The third-order valence-corrected chi connectivity index (χ3v) is 3.33. The Kier molecular flexibility index (Phi) is 2.78. The molecule has 0 spiro atoms. The molecule has 4 nitrogen and oxygen atoms in total. The number of rotatable bonds is 4. The Labute approximate surface area is 106 Å². The number of benzene rings is 1. The lowest BCUT2D eigenvalue weighted by Crippen LogP contribution is -2.14. The van der Waals surface area contributed by atoms with Gasteiger partial charge in [0.1, 0.15) is 0 Å². The number of carbonyl (C=O) groups is 2. The first-order valence-corrected chi connectivity index (χ1v) is 6.36. The molecule has 0 radical (unpaired) electrons. The van der Waals surface area contributed by atoms with Gasteiger partial charge in [0.2, 0.25) is 11.8 Å². The second kappa shape index (κ2) is 4.44. The van der Waals surface area contributed by atoms with Crippen LogP contribution in [-0.4, -0.2) is 47.8 Å². The summed E-state index contributed by atoms with van der Waals surface area (Å²) in [6.45, 7) is 3.62. The predicted molar refractivity (Wildman–Crippen MR) is 67.0 cm³/mol. The number of hydrogen-bond acceptors (Lipinski definition) is 2. The van der Waals surface area contributed by atoms with Crippen LogP contribution in [0, 0.1) is 0 Å². The van der Waals surface area contributed by atoms with Crippen molar-refractivity contribution in [3.05, 3.63) is 35.4 Å². The molecule has 2 aliphatic rings. The van der Waals surface area contributed by atoms with Crippen LogP contribution in [0.3, 0.4) is 0 Å². The van der Waals surface area contributed by atoms with E-state index in [1.807, 2.05) is 34.1 Å². The van der Waals surface area contributed by atoms with Crippen LogP contribution in [0.5, 0.6) is 0 Å². The molecule has 0 atom stereocenters. The highest BCUT2D eigenvalue weighted by Gasteiger charge is 2.24. The van der Waals surface area contributed by atoms with Gasteiger partial charge in [-0.05, 0) is 11.1 Å². The van der Waals surface area contributed by atoms with Crippen molar-refractivity contribution >= 4 is 11.8 Å². The summed E-state index contributed by atoms with van der Waals surface area (Å²) in [5.41, 5.74) is 2.05. The molecule has 1 aromatic rings. The van der Waals surface area contributed by atoms with E-state index in [-0.39, 0.29) is 11.8 Å². The highest BCUT2D eigenvalue weighted by molar-refractivity contribution is 5.81. The molecule has 0 aliphatic carbocycles. The SMILES string of the molecule is O=C(Cc1ccc(CC(=O)N2CC2)cc1)N1CC1. The van der Waals surface area contributed by atoms with Crippen molar-refractivity contribution in [3.63, 3.8) is 0 Å². The topological polar surface area (TPSA) is 40.2 Å². The van der Waals surface area contributed by atoms with E-state index in [1.54, 1.807) is 0 Å². The molecule has 2 heterocycles. The molecule has 3 rings (SSSR count). The molecule has 18 heavy (non-hydrogen) atoms. The second-order valence-corrected chi connectivity index (χ2v) is 4.93. The van der Waals surface area contributed by atoms with E-state index in [0.29, 0.717) is 12.8 Å². The molecule has 2 aliphatic heterocycles. The third-order valence-electron chi connectivity index (χ3n) is 3.33. The van der Waals surface area contributed by atoms with Crippen LogP contribution in [0.2, 0.25) is 0 Å². The maximum absolute atomic E-state index is 11.6. The standard InChI is InChI=1S/C14H16N2O2/c17-13(15-5-6-15)9-11-1-2-12(4-3-11)10-14(18)16-7-8-16/h1-4H,5-10H2. The smallest absolute Gasteiger partial charge is 0.227 e. The minimum atomic E-state index is 0.197. The van der Waals surface area contributed by atoms with Gasteiger partial charge in [-0.15, -0.1) is 0 Å². The van der Waals surface area contributed by atoms with E-state index in [2.05, 4.69) is 0 Å². The average Bonchev–Trinajstić information content (AvgIpc) is 3.22. The molecule has 2 saturated heterocycles. The van der Waals surface area contributed by atoms with E-state index in [1.165, 1.54) is 0 Å². The Balaban J connectivity index is 1.57. The summed E-state index contributed by atoms with van der Waals surface area (Å²) in [5, 5.41) is 0. The summed E-state index contributed by atoms with van der Waals surface area (Å²) in [7, 11) is 0. The summed E-state index contributed by atoms with van der Waals surface area (Å²) >= 11 is 0. The molecule has 0 bridgehead atoms. The quantitative estimate of drug-likeness (QED) is 0.722. The van der Waals surface area contributed by atoms with Crippen LogP contribution in [0.25, 0.3) is 0 Å². The van der Waals surface area contributed by atoms with Crippen LogP contribution in [0.4, 0.5) is 0 Å². The van der Waals surface area contributed by atoms with Gasteiger partial charge in [-0.1, -0.05) is 24.3 Å². The van der Waals surface area contributed by atoms with Crippen molar-refractivity contribution in [2.75, 3.05) is 26.2 Å². The second-order valence-electron chi connectivity index (χ2n) is 4.93. The van der Waals surface area contributed by atoms with Gasteiger partial charge in [0.25, 0.3) is 0 Å². The summed E-state index contributed by atoms with van der Waals surface area (Å²) in [6, 6.07) is 7.80. The van der Waals surface area contributed by atoms with E-state index in [9.17, 15) is 9.59 Å². The van der Waals surface area contributed by atoms with Crippen molar-refractivity contribution in [1.82, 2.24) is 9.80 Å². The lowest BCUT2D eigenvalue weighted by Gasteiger charge is -2.05. The van der Waals surface area contributed by atoms with Crippen molar-refractivity contribution in [2.45, 2.75) is 12.8 Å². The van der Waals surface area contributed by atoms with E-state index in [0.717, 1.165) is 37.3 Å².